The summed E-state index contributed by atoms with van der Waals surface area (Å²) in [4.78, 5) is 16.1. The Morgan fingerprint density at radius 2 is 1.91 bits per heavy atom. The van der Waals surface area contributed by atoms with Crippen LogP contribution in [0.15, 0.2) is 30.7 Å². The summed E-state index contributed by atoms with van der Waals surface area (Å²) in [5, 5.41) is 0. The van der Waals surface area contributed by atoms with Gasteiger partial charge in [0, 0.05) is 43.8 Å². The Morgan fingerprint density at radius 3 is 2.74 bits per heavy atom. The van der Waals surface area contributed by atoms with Gasteiger partial charge in [0.05, 0.1) is 5.69 Å². The fraction of sp³-hybridized carbons (Fsp3) is 0.526. The predicted octanol–water partition coefficient (Wildman–Crippen LogP) is 3.48. The molecule has 0 spiro atoms. The molecule has 0 atom stereocenters. The van der Waals surface area contributed by atoms with Gasteiger partial charge in [0.25, 0.3) is 0 Å². The molecule has 0 unspecified atom stereocenters. The van der Waals surface area contributed by atoms with Crippen LogP contribution < -0.4 is 0 Å². The van der Waals surface area contributed by atoms with Crippen LogP contribution >= 0.6 is 0 Å². The van der Waals surface area contributed by atoms with E-state index in [0.29, 0.717) is 0 Å². The Kier molecular flexibility index (Phi) is 4.33. The van der Waals surface area contributed by atoms with Crippen molar-refractivity contribution >= 4 is 0 Å². The molecule has 2 aliphatic rings. The van der Waals surface area contributed by atoms with Crippen molar-refractivity contribution in [3.63, 3.8) is 0 Å². The Bertz CT molecular complexity index is 650. The molecule has 120 valence electrons. The van der Waals surface area contributed by atoms with Gasteiger partial charge in [-0.1, -0.05) is 19.3 Å². The largest absolute Gasteiger partial charge is 0.297 e. The molecule has 0 aromatic carbocycles. The van der Waals surface area contributed by atoms with Crippen LogP contribution in [0.3, 0.4) is 0 Å². The average Bonchev–Trinajstić information content (AvgIpc) is 2.63. The van der Waals surface area contributed by atoms with Crippen molar-refractivity contribution < 1.29 is 0 Å². The van der Waals surface area contributed by atoms with E-state index in [1.165, 1.54) is 49.9 Å². The first-order valence-corrected chi connectivity index (χ1v) is 8.86. The first-order valence-electron chi connectivity index (χ1n) is 8.86. The van der Waals surface area contributed by atoms with Crippen molar-refractivity contribution in [3.05, 3.63) is 42.0 Å². The Hall–Kier alpha value is -1.81. The van der Waals surface area contributed by atoms with Gasteiger partial charge in [-0.05, 0) is 42.9 Å². The zero-order chi connectivity index (χ0) is 15.5. The molecule has 0 amide bonds. The van der Waals surface area contributed by atoms with Crippen LogP contribution in [0, 0.1) is 5.92 Å². The molecule has 1 aliphatic carbocycles. The first-order chi connectivity index (χ1) is 11.4. The highest BCUT2D eigenvalue weighted by atomic mass is 15.1. The number of pyridine rings is 1. The molecule has 1 fully saturated rings. The van der Waals surface area contributed by atoms with Crippen molar-refractivity contribution in [2.45, 2.75) is 45.1 Å². The van der Waals surface area contributed by atoms with Gasteiger partial charge < -0.3 is 0 Å². The van der Waals surface area contributed by atoms with Crippen molar-refractivity contribution in [1.82, 2.24) is 19.9 Å². The van der Waals surface area contributed by atoms with Crippen LogP contribution in [0.25, 0.3) is 11.4 Å². The summed E-state index contributed by atoms with van der Waals surface area (Å²) in [6.07, 6.45) is 13.8. The Morgan fingerprint density at radius 1 is 1.09 bits per heavy atom. The average molecular weight is 308 g/mol. The van der Waals surface area contributed by atoms with Crippen molar-refractivity contribution in [1.29, 1.82) is 0 Å². The highest BCUT2D eigenvalue weighted by Crippen LogP contribution is 2.27. The number of rotatable bonds is 3. The van der Waals surface area contributed by atoms with Gasteiger partial charge in [-0.2, -0.15) is 0 Å². The van der Waals surface area contributed by atoms with Crippen LogP contribution in [0.5, 0.6) is 0 Å². The third-order valence-electron chi connectivity index (χ3n) is 5.20. The quantitative estimate of drug-likeness (QED) is 0.870. The monoisotopic (exact) mass is 308 g/mol. The number of hydrogen-bond donors (Lipinski definition) is 0. The summed E-state index contributed by atoms with van der Waals surface area (Å²) in [6, 6.07) is 3.95. The van der Waals surface area contributed by atoms with E-state index >= 15 is 0 Å². The number of aromatic nitrogens is 3. The molecule has 1 aliphatic heterocycles. The number of hydrogen-bond acceptors (Lipinski definition) is 4. The van der Waals surface area contributed by atoms with Crippen LogP contribution in [0.1, 0.15) is 43.4 Å². The number of nitrogens with zero attached hydrogens (tertiary/aromatic N) is 4. The minimum atomic E-state index is 0.825. The minimum Gasteiger partial charge on any atom is -0.297 e. The van der Waals surface area contributed by atoms with E-state index in [2.05, 4.69) is 14.9 Å². The second-order valence-corrected chi connectivity index (χ2v) is 6.89. The lowest BCUT2D eigenvalue weighted by atomic mass is 9.88. The summed E-state index contributed by atoms with van der Waals surface area (Å²) < 4.78 is 0. The van der Waals surface area contributed by atoms with E-state index in [4.69, 9.17) is 4.98 Å². The van der Waals surface area contributed by atoms with Crippen LogP contribution in [-0.4, -0.2) is 32.9 Å². The molecule has 0 saturated heterocycles. The lowest BCUT2D eigenvalue weighted by Gasteiger charge is -2.32. The van der Waals surface area contributed by atoms with E-state index < -0.39 is 0 Å². The molecule has 0 radical (unpaired) electrons. The third kappa shape index (κ3) is 3.42. The summed E-state index contributed by atoms with van der Waals surface area (Å²) in [5.74, 6) is 1.72. The minimum absolute atomic E-state index is 0.825. The van der Waals surface area contributed by atoms with Crippen molar-refractivity contribution in [3.8, 4) is 11.4 Å². The summed E-state index contributed by atoms with van der Waals surface area (Å²) >= 11 is 0. The Labute approximate surface area is 138 Å². The Balaban J connectivity index is 1.49. The van der Waals surface area contributed by atoms with Gasteiger partial charge in [0.1, 0.15) is 0 Å². The van der Waals surface area contributed by atoms with Gasteiger partial charge in [-0.15, -0.1) is 0 Å². The van der Waals surface area contributed by atoms with Gasteiger partial charge in [-0.3, -0.25) is 9.88 Å². The number of fused-ring (bicyclic) bond motifs is 1. The maximum Gasteiger partial charge on any atom is 0.159 e. The standard InChI is InChI=1S/C19H24N4/c1-2-4-15(5-3-1)13-23-11-8-17-12-21-19(22-18(17)14-23)16-6-9-20-10-7-16/h6-7,9-10,12,15H,1-5,8,11,13-14H2. The maximum absolute atomic E-state index is 4.85. The fourth-order valence-corrected chi connectivity index (χ4v) is 3.89. The molecule has 23 heavy (non-hydrogen) atoms. The second kappa shape index (κ2) is 6.75. The maximum atomic E-state index is 4.85. The van der Waals surface area contributed by atoms with Crippen LogP contribution in [0.4, 0.5) is 0 Å². The van der Waals surface area contributed by atoms with E-state index in [0.717, 1.165) is 36.8 Å². The summed E-state index contributed by atoms with van der Waals surface area (Å²) in [7, 11) is 0. The van der Waals surface area contributed by atoms with Gasteiger partial charge >= 0.3 is 0 Å². The third-order valence-corrected chi connectivity index (χ3v) is 5.20. The first kappa shape index (κ1) is 14.8. The summed E-state index contributed by atoms with van der Waals surface area (Å²) in [6.45, 7) is 3.38. The lowest BCUT2D eigenvalue weighted by Crippen LogP contribution is -2.35. The molecule has 0 N–H and O–H groups in total. The zero-order valence-electron chi connectivity index (χ0n) is 13.6. The molecule has 4 heteroatoms. The lowest BCUT2D eigenvalue weighted by molar-refractivity contribution is 0.184. The van der Waals surface area contributed by atoms with Crippen molar-refractivity contribution in [2.24, 2.45) is 5.92 Å². The van der Waals surface area contributed by atoms with Crippen molar-refractivity contribution in [2.75, 3.05) is 13.1 Å². The molecular weight excluding hydrogens is 284 g/mol. The highest BCUT2D eigenvalue weighted by molar-refractivity contribution is 5.53. The molecular formula is C19H24N4. The fourth-order valence-electron chi connectivity index (χ4n) is 3.89. The molecule has 2 aromatic rings. The molecule has 3 heterocycles. The van der Waals surface area contributed by atoms with E-state index in [-0.39, 0.29) is 0 Å². The SMILES string of the molecule is c1cc(-c2ncc3c(n2)CN(CC2CCCCC2)CC3)ccn1. The molecule has 1 saturated carbocycles. The zero-order valence-corrected chi connectivity index (χ0v) is 13.6. The van der Waals surface area contributed by atoms with E-state index in [1.807, 2.05) is 18.3 Å². The van der Waals surface area contributed by atoms with Gasteiger partial charge in [0.2, 0.25) is 0 Å². The highest BCUT2D eigenvalue weighted by Gasteiger charge is 2.22. The van der Waals surface area contributed by atoms with Gasteiger partial charge in [-0.25, -0.2) is 9.97 Å². The smallest absolute Gasteiger partial charge is 0.159 e. The van der Waals surface area contributed by atoms with E-state index in [1.54, 1.807) is 12.4 Å². The molecule has 4 nitrogen and oxygen atoms in total. The predicted molar refractivity (Wildman–Crippen MR) is 90.8 cm³/mol. The molecule has 4 rings (SSSR count). The summed E-state index contributed by atoms with van der Waals surface area (Å²) in [5.41, 5.74) is 3.59. The normalized spacial score (nSPS) is 19.5. The van der Waals surface area contributed by atoms with Gasteiger partial charge in [0.15, 0.2) is 5.82 Å². The second-order valence-electron chi connectivity index (χ2n) is 6.89. The van der Waals surface area contributed by atoms with Crippen LogP contribution in [-0.2, 0) is 13.0 Å². The molecule has 2 aromatic heterocycles. The topological polar surface area (TPSA) is 41.9 Å². The van der Waals surface area contributed by atoms with Crippen LogP contribution in [0.2, 0.25) is 0 Å². The molecule has 0 bridgehead atoms. The van der Waals surface area contributed by atoms with E-state index in [9.17, 15) is 0 Å².